The van der Waals surface area contributed by atoms with Gasteiger partial charge in [-0.15, -0.1) is 0 Å². The predicted octanol–water partition coefficient (Wildman–Crippen LogP) is 4.78. The largest absolute Gasteiger partial charge is 0.342 e. The third kappa shape index (κ3) is 2.57. The molecule has 4 heteroatoms. The predicted molar refractivity (Wildman–Crippen MR) is 87.4 cm³/mol. The van der Waals surface area contributed by atoms with Crippen molar-refractivity contribution < 1.29 is 8.78 Å². The molecule has 0 spiro atoms. The van der Waals surface area contributed by atoms with Crippen molar-refractivity contribution in [3.05, 3.63) is 77.6 Å². The Bertz CT molecular complexity index is 961. The lowest BCUT2D eigenvalue weighted by Crippen LogP contribution is -1.94. The summed E-state index contributed by atoms with van der Waals surface area (Å²) in [5, 5.41) is 2.43. The van der Waals surface area contributed by atoms with E-state index < -0.39 is 11.6 Å². The van der Waals surface area contributed by atoms with E-state index in [1.807, 2.05) is 18.2 Å². The second-order valence-electron chi connectivity index (χ2n) is 5.61. The van der Waals surface area contributed by atoms with Gasteiger partial charge in [0.1, 0.15) is 5.82 Å². The van der Waals surface area contributed by atoms with Gasteiger partial charge in [0.05, 0.1) is 11.0 Å². The molecule has 23 heavy (non-hydrogen) atoms. The third-order valence-corrected chi connectivity index (χ3v) is 4.08. The van der Waals surface area contributed by atoms with Crippen LogP contribution in [0.2, 0.25) is 0 Å². The molecule has 0 aliphatic heterocycles. The summed E-state index contributed by atoms with van der Waals surface area (Å²) in [6, 6.07) is 16.8. The van der Waals surface area contributed by atoms with Crippen LogP contribution in [-0.4, -0.2) is 9.97 Å². The molecule has 0 aliphatic rings. The Hall–Kier alpha value is -2.75. The summed E-state index contributed by atoms with van der Waals surface area (Å²) in [5.74, 6) is -0.996. The van der Waals surface area contributed by atoms with Crippen molar-refractivity contribution in [1.82, 2.24) is 9.97 Å². The molecule has 1 N–H and O–H groups in total. The van der Waals surface area contributed by atoms with E-state index in [2.05, 4.69) is 34.2 Å². The van der Waals surface area contributed by atoms with Crippen molar-refractivity contribution >= 4 is 21.8 Å². The van der Waals surface area contributed by atoms with Crippen molar-refractivity contribution in [2.75, 3.05) is 0 Å². The molecule has 0 aliphatic carbocycles. The molecule has 0 saturated carbocycles. The number of hydrogen-bond donors (Lipinski definition) is 1. The smallest absolute Gasteiger partial charge is 0.161 e. The monoisotopic (exact) mass is 308 g/mol. The number of benzene rings is 3. The van der Waals surface area contributed by atoms with Gasteiger partial charge in [-0.2, -0.15) is 0 Å². The van der Waals surface area contributed by atoms with Crippen LogP contribution in [0.3, 0.4) is 0 Å². The number of imidazole rings is 1. The van der Waals surface area contributed by atoms with Crippen molar-refractivity contribution in [3.63, 3.8) is 0 Å². The molecule has 0 fully saturated rings. The van der Waals surface area contributed by atoms with Gasteiger partial charge in [0.15, 0.2) is 11.6 Å². The molecule has 0 radical (unpaired) electrons. The maximum atomic E-state index is 13.3. The molecule has 114 valence electrons. The summed E-state index contributed by atoms with van der Waals surface area (Å²) in [4.78, 5) is 7.41. The zero-order chi connectivity index (χ0) is 15.8. The normalized spacial score (nSPS) is 11.4. The maximum Gasteiger partial charge on any atom is 0.161 e. The molecular formula is C19H14F2N2. The Kier molecular flexibility index (Phi) is 3.30. The topological polar surface area (TPSA) is 28.7 Å². The lowest BCUT2D eigenvalue weighted by atomic mass is 10.0. The highest BCUT2D eigenvalue weighted by Gasteiger charge is 2.09. The van der Waals surface area contributed by atoms with E-state index in [4.69, 9.17) is 0 Å². The Labute approximate surface area is 131 Å². The lowest BCUT2D eigenvalue weighted by Gasteiger charge is -2.05. The van der Waals surface area contributed by atoms with Gasteiger partial charge >= 0.3 is 0 Å². The quantitative estimate of drug-likeness (QED) is 0.580. The number of halogens is 2. The second-order valence-corrected chi connectivity index (χ2v) is 5.61. The van der Waals surface area contributed by atoms with Gasteiger partial charge in [0, 0.05) is 18.6 Å². The van der Waals surface area contributed by atoms with Gasteiger partial charge < -0.3 is 4.98 Å². The molecule has 4 rings (SSSR count). The molecule has 4 aromatic rings. The minimum Gasteiger partial charge on any atom is -0.342 e. The summed E-state index contributed by atoms with van der Waals surface area (Å²) < 4.78 is 26.5. The lowest BCUT2D eigenvalue weighted by molar-refractivity contribution is 0.510. The highest BCUT2D eigenvalue weighted by molar-refractivity contribution is 5.85. The van der Waals surface area contributed by atoms with Crippen LogP contribution in [0.5, 0.6) is 0 Å². The van der Waals surface area contributed by atoms with E-state index in [9.17, 15) is 8.78 Å². The van der Waals surface area contributed by atoms with E-state index in [-0.39, 0.29) is 0 Å². The fourth-order valence-electron chi connectivity index (χ4n) is 2.94. The van der Waals surface area contributed by atoms with Crippen LogP contribution >= 0.6 is 0 Å². The first-order valence-electron chi connectivity index (χ1n) is 7.51. The fourth-order valence-corrected chi connectivity index (χ4v) is 2.94. The summed E-state index contributed by atoms with van der Waals surface area (Å²) in [6.07, 6.45) is 1.50. The molecule has 0 amide bonds. The third-order valence-electron chi connectivity index (χ3n) is 4.08. The van der Waals surface area contributed by atoms with E-state index >= 15 is 0 Å². The van der Waals surface area contributed by atoms with E-state index in [0.29, 0.717) is 17.5 Å². The maximum absolute atomic E-state index is 13.3. The highest BCUT2D eigenvalue weighted by atomic mass is 19.2. The number of aryl methyl sites for hydroxylation is 2. The molecule has 1 heterocycles. The van der Waals surface area contributed by atoms with E-state index in [1.165, 1.54) is 16.3 Å². The van der Waals surface area contributed by atoms with Crippen LogP contribution < -0.4 is 0 Å². The van der Waals surface area contributed by atoms with Crippen LogP contribution in [-0.2, 0) is 12.8 Å². The van der Waals surface area contributed by atoms with Gasteiger partial charge in [0.2, 0.25) is 0 Å². The van der Waals surface area contributed by atoms with Crippen LogP contribution in [0.15, 0.2) is 54.6 Å². The highest BCUT2D eigenvalue weighted by Crippen LogP contribution is 2.21. The Balaban J connectivity index is 1.63. The second kappa shape index (κ2) is 5.47. The first kappa shape index (κ1) is 13.9. The first-order chi connectivity index (χ1) is 11.2. The van der Waals surface area contributed by atoms with Gasteiger partial charge in [-0.3, -0.25) is 0 Å². The molecular weight excluding hydrogens is 294 g/mol. The minimum absolute atomic E-state index is 0.455. The standard InChI is InChI=1S/C19H14F2N2/c20-15-10-17-18(11-16(15)21)23-19(22-17)9-8-13-6-3-5-12-4-1-2-7-14(12)13/h1-7,10-11H,8-9H2,(H,22,23). The Morgan fingerprint density at radius 2 is 1.65 bits per heavy atom. The van der Waals surface area contributed by atoms with Crippen molar-refractivity contribution in [2.24, 2.45) is 0 Å². The number of aromatic nitrogens is 2. The number of rotatable bonds is 3. The molecule has 0 unspecified atom stereocenters. The zero-order valence-corrected chi connectivity index (χ0v) is 12.3. The molecule has 2 nitrogen and oxygen atoms in total. The Morgan fingerprint density at radius 3 is 2.57 bits per heavy atom. The number of H-pyrrole nitrogens is 1. The van der Waals surface area contributed by atoms with Gasteiger partial charge in [-0.25, -0.2) is 13.8 Å². The first-order valence-corrected chi connectivity index (χ1v) is 7.51. The average Bonchev–Trinajstić information content (AvgIpc) is 2.95. The summed E-state index contributed by atoms with van der Waals surface area (Å²) in [7, 11) is 0. The number of hydrogen-bond acceptors (Lipinski definition) is 1. The van der Waals surface area contributed by atoms with Gasteiger partial charge in [0.25, 0.3) is 0 Å². The van der Waals surface area contributed by atoms with Crippen LogP contribution in [0, 0.1) is 11.6 Å². The zero-order valence-electron chi connectivity index (χ0n) is 12.3. The van der Waals surface area contributed by atoms with Gasteiger partial charge in [-0.1, -0.05) is 42.5 Å². The van der Waals surface area contributed by atoms with Crippen LogP contribution in [0.4, 0.5) is 8.78 Å². The molecule has 3 aromatic carbocycles. The number of nitrogens with one attached hydrogen (secondary N) is 1. The van der Waals surface area contributed by atoms with E-state index in [1.54, 1.807) is 0 Å². The minimum atomic E-state index is -0.871. The van der Waals surface area contributed by atoms with Crippen LogP contribution in [0.1, 0.15) is 11.4 Å². The van der Waals surface area contributed by atoms with Crippen molar-refractivity contribution in [3.8, 4) is 0 Å². The van der Waals surface area contributed by atoms with Crippen molar-refractivity contribution in [1.29, 1.82) is 0 Å². The molecule has 0 bridgehead atoms. The summed E-state index contributed by atoms with van der Waals surface area (Å²) in [6.45, 7) is 0. The van der Waals surface area contributed by atoms with Crippen molar-refractivity contribution in [2.45, 2.75) is 12.8 Å². The van der Waals surface area contributed by atoms with E-state index in [0.717, 1.165) is 24.4 Å². The fraction of sp³-hybridized carbons (Fsp3) is 0.105. The average molecular weight is 308 g/mol. The van der Waals surface area contributed by atoms with Gasteiger partial charge in [-0.05, 0) is 22.8 Å². The number of nitrogens with zero attached hydrogens (tertiary/aromatic N) is 1. The molecule has 0 atom stereocenters. The SMILES string of the molecule is Fc1cc2nc(CCc3cccc4ccccc34)[nH]c2cc1F. The molecule has 0 saturated heterocycles. The number of aromatic amines is 1. The van der Waals surface area contributed by atoms with Crippen LogP contribution in [0.25, 0.3) is 21.8 Å². The Morgan fingerprint density at radius 1 is 0.870 bits per heavy atom. The molecule has 1 aromatic heterocycles. The summed E-state index contributed by atoms with van der Waals surface area (Å²) >= 11 is 0. The summed E-state index contributed by atoms with van der Waals surface area (Å²) in [5.41, 5.74) is 2.22. The number of fused-ring (bicyclic) bond motifs is 2.